The summed E-state index contributed by atoms with van der Waals surface area (Å²) in [4.78, 5) is 29.1. The zero-order chi connectivity index (χ0) is 19.0. The topological polar surface area (TPSA) is 64.3 Å². The van der Waals surface area contributed by atoms with Gasteiger partial charge >= 0.3 is 0 Å². The lowest BCUT2D eigenvalue weighted by Crippen LogP contribution is -2.28. The Morgan fingerprint density at radius 3 is 2.48 bits per heavy atom. The molecule has 0 bridgehead atoms. The van der Waals surface area contributed by atoms with Gasteiger partial charge in [0.05, 0.1) is 4.53 Å². The SMILES string of the molecule is O=c1nc2s/c(=C\c3ccc(Br)cc3)c(=O)n2nc1Cc1ccc(F)cc1. The second-order valence-electron chi connectivity index (χ2n) is 5.83. The molecule has 0 aliphatic heterocycles. The second kappa shape index (κ2) is 7.13. The van der Waals surface area contributed by atoms with Crippen molar-refractivity contribution in [3.63, 3.8) is 0 Å². The van der Waals surface area contributed by atoms with E-state index in [2.05, 4.69) is 26.0 Å². The van der Waals surface area contributed by atoms with Crippen molar-refractivity contribution >= 4 is 38.3 Å². The number of nitrogens with zero attached hydrogens (tertiary/aromatic N) is 3. The molecule has 4 rings (SSSR count). The van der Waals surface area contributed by atoms with Gasteiger partial charge in [-0.05, 0) is 41.5 Å². The van der Waals surface area contributed by atoms with Crippen LogP contribution in [0.3, 0.4) is 0 Å². The summed E-state index contributed by atoms with van der Waals surface area (Å²) in [5, 5.41) is 4.19. The van der Waals surface area contributed by atoms with E-state index in [1.165, 1.54) is 12.1 Å². The molecule has 0 aliphatic carbocycles. The van der Waals surface area contributed by atoms with Crippen molar-refractivity contribution < 1.29 is 4.39 Å². The van der Waals surface area contributed by atoms with Crippen LogP contribution in [0.25, 0.3) is 11.0 Å². The molecule has 0 spiro atoms. The Kier molecular flexibility index (Phi) is 4.67. The van der Waals surface area contributed by atoms with Crippen molar-refractivity contribution in [2.45, 2.75) is 6.42 Å². The van der Waals surface area contributed by atoms with Gasteiger partial charge in [0.15, 0.2) is 0 Å². The maximum absolute atomic E-state index is 13.0. The summed E-state index contributed by atoms with van der Waals surface area (Å²) in [5.74, 6) is -0.357. The average molecular weight is 444 g/mol. The highest BCUT2D eigenvalue weighted by Gasteiger charge is 2.11. The van der Waals surface area contributed by atoms with E-state index in [4.69, 9.17) is 0 Å². The highest BCUT2D eigenvalue weighted by molar-refractivity contribution is 9.10. The van der Waals surface area contributed by atoms with Crippen LogP contribution in [0.15, 0.2) is 62.6 Å². The number of fused-ring (bicyclic) bond motifs is 1. The van der Waals surface area contributed by atoms with Crippen LogP contribution >= 0.6 is 27.3 Å². The lowest BCUT2D eigenvalue weighted by atomic mass is 10.1. The molecule has 0 fully saturated rings. The lowest BCUT2D eigenvalue weighted by Gasteiger charge is -2.00. The first-order chi connectivity index (χ1) is 13.0. The Bertz CT molecular complexity index is 1300. The smallest absolute Gasteiger partial charge is 0.266 e. The van der Waals surface area contributed by atoms with Crippen LogP contribution in [0.5, 0.6) is 0 Å². The molecule has 0 unspecified atom stereocenters. The molecule has 0 saturated carbocycles. The minimum Gasteiger partial charge on any atom is -0.266 e. The Morgan fingerprint density at radius 2 is 1.78 bits per heavy atom. The lowest BCUT2D eigenvalue weighted by molar-refractivity contribution is 0.627. The van der Waals surface area contributed by atoms with Crippen LogP contribution in [0.4, 0.5) is 4.39 Å². The van der Waals surface area contributed by atoms with Gasteiger partial charge in [-0.3, -0.25) is 9.59 Å². The third-order valence-corrected chi connectivity index (χ3v) is 5.39. The fourth-order valence-corrected chi connectivity index (χ4v) is 3.73. The van der Waals surface area contributed by atoms with Gasteiger partial charge in [-0.15, -0.1) is 0 Å². The maximum atomic E-state index is 13.0. The standard InChI is InChI=1S/C19H11BrFN3O2S/c20-13-5-1-12(2-6-13)10-16-18(26)24-19(27-16)22-17(25)15(23-24)9-11-3-7-14(21)8-4-11/h1-8,10H,9H2/b16-10-. The van der Waals surface area contributed by atoms with E-state index in [0.717, 1.165) is 25.9 Å². The monoisotopic (exact) mass is 443 g/mol. The van der Waals surface area contributed by atoms with E-state index in [1.54, 1.807) is 18.2 Å². The van der Waals surface area contributed by atoms with Gasteiger partial charge in [-0.1, -0.05) is 51.5 Å². The summed E-state index contributed by atoms with van der Waals surface area (Å²) in [6.45, 7) is 0. The molecular weight excluding hydrogens is 433 g/mol. The van der Waals surface area contributed by atoms with E-state index in [9.17, 15) is 14.0 Å². The highest BCUT2D eigenvalue weighted by atomic mass is 79.9. The zero-order valence-electron chi connectivity index (χ0n) is 13.7. The van der Waals surface area contributed by atoms with Gasteiger partial charge in [0.2, 0.25) is 4.96 Å². The Morgan fingerprint density at radius 1 is 1.07 bits per heavy atom. The molecule has 0 aliphatic rings. The van der Waals surface area contributed by atoms with Gasteiger partial charge in [-0.25, -0.2) is 4.39 Å². The van der Waals surface area contributed by atoms with E-state index < -0.39 is 5.56 Å². The number of aromatic nitrogens is 3. The van der Waals surface area contributed by atoms with Gasteiger partial charge in [-0.2, -0.15) is 14.6 Å². The molecule has 134 valence electrons. The minimum atomic E-state index is -0.490. The zero-order valence-corrected chi connectivity index (χ0v) is 16.1. The molecule has 0 atom stereocenters. The molecule has 2 heterocycles. The normalized spacial score (nSPS) is 12.0. The number of thiazole rings is 1. The molecule has 0 amide bonds. The minimum absolute atomic E-state index is 0.143. The van der Waals surface area contributed by atoms with Gasteiger partial charge in [0.25, 0.3) is 11.1 Å². The maximum Gasteiger partial charge on any atom is 0.296 e. The summed E-state index contributed by atoms with van der Waals surface area (Å²) in [6.07, 6.45) is 1.91. The number of rotatable bonds is 3. The predicted molar refractivity (Wildman–Crippen MR) is 106 cm³/mol. The quantitative estimate of drug-likeness (QED) is 0.488. The summed E-state index contributed by atoms with van der Waals surface area (Å²) in [6, 6.07) is 13.3. The summed E-state index contributed by atoms with van der Waals surface area (Å²) >= 11 is 4.48. The van der Waals surface area contributed by atoms with Gasteiger partial charge in [0.1, 0.15) is 11.5 Å². The van der Waals surface area contributed by atoms with E-state index in [-0.39, 0.29) is 28.5 Å². The molecule has 8 heteroatoms. The van der Waals surface area contributed by atoms with Crippen molar-refractivity contribution in [1.29, 1.82) is 0 Å². The third kappa shape index (κ3) is 3.72. The molecule has 2 aromatic heterocycles. The van der Waals surface area contributed by atoms with E-state index in [0.29, 0.717) is 10.1 Å². The van der Waals surface area contributed by atoms with Crippen molar-refractivity contribution in [2.75, 3.05) is 0 Å². The highest BCUT2D eigenvalue weighted by Crippen LogP contribution is 2.11. The molecule has 0 radical (unpaired) electrons. The van der Waals surface area contributed by atoms with Crippen LogP contribution in [0.2, 0.25) is 0 Å². The average Bonchev–Trinajstić information content (AvgIpc) is 2.94. The van der Waals surface area contributed by atoms with Crippen molar-refractivity contribution in [2.24, 2.45) is 0 Å². The fraction of sp³-hybridized carbons (Fsp3) is 0.0526. The second-order valence-corrected chi connectivity index (χ2v) is 7.75. The van der Waals surface area contributed by atoms with Gasteiger partial charge < -0.3 is 0 Å². The van der Waals surface area contributed by atoms with Crippen LogP contribution < -0.4 is 15.7 Å². The molecule has 27 heavy (non-hydrogen) atoms. The molecule has 5 nitrogen and oxygen atoms in total. The molecular formula is C19H11BrFN3O2S. The first-order valence-electron chi connectivity index (χ1n) is 7.94. The molecule has 4 aromatic rings. The molecule has 2 aromatic carbocycles. The number of benzene rings is 2. The molecule has 0 saturated heterocycles. The van der Waals surface area contributed by atoms with Gasteiger partial charge in [0, 0.05) is 10.9 Å². The Balaban J connectivity index is 1.79. The first kappa shape index (κ1) is 17.7. The summed E-state index contributed by atoms with van der Waals surface area (Å²) < 4.78 is 15.6. The van der Waals surface area contributed by atoms with E-state index in [1.807, 2.05) is 24.3 Å². The third-order valence-electron chi connectivity index (χ3n) is 3.90. The summed E-state index contributed by atoms with van der Waals surface area (Å²) in [7, 11) is 0. The van der Waals surface area contributed by atoms with Crippen LogP contribution in [0.1, 0.15) is 16.8 Å². The number of hydrogen-bond acceptors (Lipinski definition) is 5. The van der Waals surface area contributed by atoms with Crippen LogP contribution in [-0.2, 0) is 6.42 Å². The van der Waals surface area contributed by atoms with E-state index >= 15 is 0 Å². The van der Waals surface area contributed by atoms with Crippen molar-refractivity contribution in [1.82, 2.24) is 14.6 Å². The first-order valence-corrected chi connectivity index (χ1v) is 9.55. The fourth-order valence-electron chi connectivity index (χ4n) is 2.56. The van der Waals surface area contributed by atoms with Crippen molar-refractivity contribution in [3.8, 4) is 0 Å². The van der Waals surface area contributed by atoms with Crippen LogP contribution in [0, 0.1) is 5.82 Å². The number of halogens is 2. The van der Waals surface area contributed by atoms with Crippen LogP contribution in [-0.4, -0.2) is 14.6 Å². The number of hydrogen-bond donors (Lipinski definition) is 0. The predicted octanol–water partition coefficient (Wildman–Crippen LogP) is 2.55. The van der Waals surface area contributed by atoms with Crippen molar-refractivity contribution in [3.05, 3.63) is 101 Å². The Labute approximate surface area is 164 Å². The molecule has 0 N–H and O–H groups in total. The summed E-state index contributed by atoms with van der Waals surface area (Å²) in [5.41, 5.74) is 0.897. The Hall–Kier alpha value is -2.71. The largest absolute Gasteiger partial charge is 0.296 e.